The predicted octanol–water partition coefficient (Wildman–Crippen LogP) is 1.82. The molecule has 1 aliphatic heterocycles. The van der Waals surface area contributed by atoms with Crippen molar-refractivity contribution in [3.05, 3.63) is 18.2 Å². The number of carbonyl (C=O) groups excluding carboxylic acids is 1. The number of nitrogens with one attached hydrogen (secondary N) is 2. The van der Waals surface area contributed by atoms with Gasteiger partial charge in [0.1, 0.15) is 0 Å². The molecule has 8 heteroatoms. The van der Waals surface area contributed by atoms with Gasteiger partial charge in [-0.3, -0.25) is 4.79 Å². The SMILES string of the molecule is CSc1ccc(S(=O)(=O)NC[C@@H]2CCCO2)cc1NC(C)=O. The van der Waals surface area contributed by atoms with Gasteiger partial charge in [-0.2, -0.15) is 0 Å². The van der Waals surface area contributed by atoms with Crippen molar-refractivity contribution in [1.82, 2.24) is 4.72 Å². The van der Waals surface area contributed by atoms with Gasteiger partial charge in [-0.1, -0.05) is 0 Å². The fraction of sp³-hybridized carbons (Fsp3) is 0.500. The number of anilines is 1. The van der Waals surface area contributed by atoms with Crippen LogP contribution < -0.4 is 10.0 Å². The van der Waals surface area contributed by atoms with Gasteiger partial charge in [0.2, 0.25) is 15.9 Å². The van der Waals surface area contributed by atoms with E-state index in [-0.39, 0.29) is 23.5 Å². The lowest BCUT2D eigenvalue weighted by molar-refractivity contribution is -0.114. The van der Waals surface area contributed by atoms with E-state index in [1.165, 1.54) is 30.8 Å². The van der Waals surface area contributed by atoms with E-state index in [0.29, 0.717) is 12.3 Å². The van der Waals surface area contributed by atoms with Gasteiger partial charge in [-0.05, 0) is 37.3 Å². The summed E-state index contributed by atoms with van der Waals surface area (Å²) in [6, 6.07) is 4.70. The molecule has 1 atom stereocenters. The topological polar surface area (TPSA) is 84.5 Å². The Bertz CT molecular complexity index is 640. The summed E-state index contributed by atoms with van der Waals surface area (Å²) in [5.74, 6) is -0.239. The summed E-state index contributed by atoms with van der Waals surface area (Å²) < 4.78 is 32.7. The zero-order valence-electron chi connectivity index (χ0n) is 12.6. The number of hydrogen-bond donors (Lipinski definition) is 2. The van der Waals surface area contributed by atoms with E-state index in [2.05, 4.69) is 10.0 Å². The number of rotatable bonds is 6. The zero-order valence-corrected chi connectivity index (χ0v) is 14.2. The minimum atomic E-state index is -3.62. The number of thioether (sulfide) groups is 1. The Balaban J connectivity index is 2.16. The van der Waals surface area contributed by atoms with Crippen LogP contribution in [0.3, 0.4) is 0 Å². The van der Waals surface area contributed by atoms with Gasteiger partial charge in [0.25, 0.3) is 0 Å². The van der Waals surface area contributed by atoms with Crippen molar-refractivity contribution >= 4 is 33.4 Å². The highest BCUT2D eigenvalue weighted by Crippen LogP contribution is 2.28. The van der Waals surface area contributed by atoms with Crippen LogP contribution in [0, 0.1) is 0 Å². The van der Waals surface area contributed by atoms with Crippen molar-refractivity contribution in [1.29, 1.82) is 0 Å². The molecular formula is C14H20N2O4S2. The van der Waals surface area contributed by atoms with Crippen molar-refractivity contribution in [3.8, 4) is 0 Å². The second kappa shape index (κ2) is 7.45. The molecular weight excluding hydrogens is 324 g/mol. The van der Waals surface area contributed by atoms with Crippen LogP contribution in [0.1, 0.15) is 19.8 Å². The maximum atomic E-state index is 12.3. The van der Waals surface area contributed by atoms with Crippen LogP contribution in [-0.2, 0) is 19.6 Å². The summed E-state index contributed by atoms with van der Waals surface area (Å²) in [6.07, 6.45) is 3.63. The smallest absolute Gasteiger partial charge is 0.240 e. The minimum Gasteiger partial charge on any atom is -0.377 e. The van der Waals surface area contributed by atoms with Crippen molar-refractivity contribution in [2.75, 3.05) is 24.7 Å². The highest BCUT2D eigenvalue weighted by atomic mass is 32.2. The molecule has 1 heterocycles. The van der Waals surface area contributed by atoms with Crippen LogP contribution >= 0.6 is 11.8 Å². The van der Waals surface area contributed by atoms with Crippen molar-refractivity contribution < 1.29 is 17.9 Å². The van der Waals surface area contributed by atoms with Gasteiger partial charge in [0.05, 0.1) is 16.7 Å². The number of benzene rings is 1. The van der Waals surface area contributed by atoms with E-state index in [4.69, 9.17) is 4.74 Å². The van der Waals surface area contributed by atoms with Gasteiger partial charge in [0, 0.05) is 25.0 Å². The van der Waals surface area contributed by atoms with Crippen LogP contribution in [0.25, 0.3) is 0 Å². The monoisotopic (exact) mass is 344 g/mol. The highest BCUT2D eigenvalue weighted by molar-refractivity contribution is 7.98. The Morgan fingerprint density at radius 1 is 1.45 bits per heavy atom. The summed E-state index contributed by atoms with van der Waals surface area (Å²) in [4.78, 5) is 12.2. The van der Waals surface area contributed by atoms with Crippen molar-refractivity contribution in [3.63, 3.8) is 0 Å². The molecule has 1 aromatic carbocycles. The number of amides is 1. The van der Waals surface area contributed by atoms with Crippen LogP contribution in [-0.4, -0.2) is 39.8 Å². The Labute approximate surface area is 135 Å². The summed E-state index contributed by atoms with van der Waals surface area (Å²) in [7, 11) is -3.62. The fourth-order valence-corrected chi connectivity index (χ4v) is 3.86. The Morgan fingerprint density at radius 3 is 2.82 bits per heavy atom. The third-order valence-corrected chi connectivity index (χ3v) is 5.53. The molecule has 0 bridgehead atoms. The first kappa shape index (κ1) is 17.3. The predicted molar refractivity (Wildman–Crippen MR) is 86.7 cm³/mol. The molecule has 1 aliphatic rings. The first-order valence-electron chi connectivity index (χ1n) is 6.99. The molecule has 0 unspecified atom stereocenters. The van der Waals surface area contributed by atoms with Gasteiger partial charge >= 0.3 is 0 Å². The summed E-state index contributed by atoms with van der Waals surface area (Å²) >= 11 is 1.44. The van der Waals surface area contributed by atoms with E-state index in [9.17, 15) is 13.2 Å². The summed E-state index contributed by atoms with van der Waals surface area (Å²) in [6.45, 7) is 2.34. The van der Waals surface area contributed by atoms with E-state index in [1.54, 1.807) is 6.07 Å². The average Bonchev–Trinajstić information content (AvgIpc) is 2.98. The number of sulfonamides is 1. The lowest BCUT2D eigenvalue weighted by atomic mass is 10.2. The fourth-order valence-electron chi connectivity index (χ4n) is 2.23. The Kier molecular flexibility index (Phi) is 5.85. The van der Waals surface area contributed by atoms with E-state index < -0.39 is 10.0 Å². The van der Waals surface area contributed by atoms with Gasteiger partial charge in [-0.15, -0.1) is 11.8 Å². The quantitative estimate of drug-likeness (QED) is 0.769. The van der Waals surface area contributed by atoms with Gasteiger partial charge in [-0.25, -0.2) is 13.1 Å². The lowest BCUT2D eigenvalue weighted by Crippen LogP contribution is -2.31. The molecule has 6 nitrogen and oxygen atoms in total. The van der Waals surface area contributed by atoms with Crippen LogP contribution in [0.5, 0.6) is 0 Å². The maximum absolute atomic E-state index is 12.3. The summed E-state index contributed by atoms with van der Waals surface area (Å²) in [5, 5.41) is 2.66. The van der Waals surface area contributed by atoms with E-state index >= 15 is 0 Å². The number of hydrogen-bond acceptors (Lipinski definition) is 5. The second-order valence-corrected chi connectivity index (χ2v) is 7.65. The molecule has 22 heavy (non-hydrogen) atoms. The van der Waals surface area contributed by atoms with Crippen LogP contribution in [0.15, 0.2) is 28.0 Å². The molecule has 1 amide bonds. The number of carbonyl (C=O) groups is 1. The maximum Gasteiger partial charge on any atom is 0.240 e. The molecule has 0 spiro atoms. The Hall–Kier alpha value is -1.09. The first-order valence-corrected chi connectivity index (χ1v) is 9.70. The molecule has 0 aromatic heterocycles. The first-order chi connectivity index (χ1) is 10.4. The molecule has 1 saturated heterocycles. The van der Waals surface area contributed by atoms with E-state index in [0.717, 1.165) is 17.7 Å². The molecule has 2 rings (SSSR count). The third-order valence-electron chi connectivity index (χ3n) is 3.32. The molecule has 1 fully saturated rings. The van der Waals surface area contributed by atoms with E-state index in [1.807, 2.05) is 6.26 Å². The van der Waals surface area contributed by atoms with Crippen LogP contribution in [0.4, 0.5) is 5.69 Å². The summed E-state index contributed by atoms with van der Waals surface area (Å²) in [5.41, 5.74) is 0.500. The average molecular weight is 344 g/mol. The molecule has 0 radical (unpaired) electrons. The minimum absolute atomic E-state index is 0.0601. The Morgan fingerprint density at radius 2 is 2.23 bits per heavy atom. The molecule has 0 saturated carbocycles. The van der Waals surface area contributed by atoms with Gasteiger partial charge < -0.3 is 10.1 Å². The standard InChI is InChI=1S/C14H20N2O4S2/c1-10(17)16-13-8-12(5-6-14(13)21-2)22(18,19)15-9-11-4-3-7-20-11/h5-6,8,11,15H,3-4,7,9H2,1-2H3,(H,16,17)/t11-/m0/s1. The lowest BCUT2D eigenvalue weighted by Gasteiger charge is -2.13. The van der Waals surface area contributed by atoms with Crippen molar-refractivity contribution in [2.24, 2.45) is 0 Å². The highest BCUT2D eigenvalue weighted by Gasteiger charge is 2.21. The second-order valence-electron chi connectivity index (χ2n) is 5.03. The van der Waals surface area contributed by atoms with Crippen molar-refractivity contribution in [2.45, 2.75) is 35.7 Å². The molecule has 0 aliphatic carbocycles. The largest absolute Gasteiger partial charge is 0.377 e. The molecule has 2 N–H and O–H groups in total. The normalized spacial score (nSPS) is 18.4. The molecule has 1 aromatic rings. The van der Waals surface area contributed by atoms with Crippen LogP contribution in [0.2, 0.25) is 0 Å². The van der Waals surface area contributed by atoms with Gasteiger partial charge in [0.15, 0.2) is 0 Å². The third kappa shape index (κ3) is 4.45. The number of ether oxygens (including phenoxy) is 1. The zero-order chi connectivity index (χ0) is 16.2. The molecule has 122 valence electrons.